The number of hydrogen-bond acceptors (Lipinski definition) is 4. The number of thioether (sulfide) groups is 1. The fourth-order valence-corrected chi connectivity index (χ4v) is 8.06. The average molecular weight is 550 g/mol. The highest BCUT2D eigenvalue weighted by Crippen LogP contribution is 2.33. The fraction of sp³-hybridized carbons (Fsp3) is 0.231. The van der Waals surface area contributed by atoms with Crippen LogP contribution >= 0.6 is 70.9 Å². The molecule has 0 saturated carbocycles. The monoisotopic (exact) mass is 547 g/mol. The lowest BCUT2D eigenvalue weighted by Gasteiger charge is -2.11. The zero-order chi connectivity index (χ0) is 16.2. The van der Waals surface area contributed by atoms with Gasteiger partial charge in [0.05, 0.1) is 0 Å². The maximum Gasteiger partial charge on any atom is 0.242 e. The molecule has 0 radical (unpaired) electrons. The minimum absolute atomic E-state index is 0.221. The highest BCUT2D eigenvalue weighted by atomic mass is 79.9. The molecule has 1 N–H and O–H groups in total. The van der Waals surface area contributed by atoms with E-state index in [0.29, 0.717) is 15.5 Å². The van der Waals surface area contributed by atoms with Gasteiger partial charge in [-0.2, -0.15) is 23.1 Å². The molecular weight excluding hydrogens is 538 g/mol. The second kappa shape index (κ2) is 8.64. The van der Waals surface area contributed by atoms with Crippen LogP contribution in [0.2, 0.25) is 0 Å². The highest BCUT2D eigenvalue weighted by molar-refractivity contribution is 9.11. The van der Waals surface area contributed by atoms with Crippen LogP contribution in [0.1, 0.15) is 5.56 Å². The van der Waals surface area contributed by atoms with Gasteiger partial charge in [0.25, 0.3) is 0 Å². The van der Waals surface area contributed by atoms with Crippen molar-refractivity contribution in [2.75, 3.05) is 12.3 Å². The van der Waals surface area contributed by atoms with Crippen LogP contribution in [-0.4, -0.2) is 20.7 Å². The van der Waals surface area contributed by atoms with Crippen molar-refractivity contribution in [2.24, 2.45) is 0 Å². The molecule has 1 heterocycles. The lowest BCUT2D eigenvalue weighted by molar-refractivity contribution is 0.583. The molecular formula is C13H12Br3NO2S3. The third-order valence-corrected chi connectivity index (χ3v) is 8.18. The van der Waals surface area contributed by atoms with Gasteiger partial charge in [0, 0.05) is 31.5 Å². The number of thiophene rings is 1. The Morgan fingerprint density at radius 1 is 1.18 bits per heavy atom. The standard InChI is InChI=1S/C13H12Br3NO2S3/c14-10-5-11(15)13(12(16)6-10)22(18,19)17-2-4-21-8-9-1-3-20-7-9/h1,3,5-7,17H,2,4,8H2. The largest absolute Gasteiger partial charge is 0.242 e. The van der Waals surface area contributed by atoms with Crippen molar-refractivity contribution in [3.8, 4) is 0 Å². The van der Waals surface area contributed by atoms with Gasteiger partial charge in [-0.15, -0.1) is 0 Å². The van der Waals surface area contributed by atoms with Crippen LogP contribution in [0.5, 0.6) is 0 Å². The molecule has 1 aromatic heterocycles. The van der Waals surface area contributed by atoms with Crippen LogP contribution < -0.4 is 4.72 Å². The first kappa shape index (κ1) is 19.0. The lowest BCUT2D eigenvalue weighted by atomic mass is 10.4. The molecule has 3 nitrogen and oxygen atoms in total. The van der Waals surface area contributed by atoms with Crippen molar-refractivity contribution in [1.29, 1.82) is 0 Å². The maximum atomic E-state index is 12.4. The first-order valence-electron chi connectivity index (χ1n) is 6.13. The first-order valence-corrected chi connectivity index (χ1v) is 12.1. The summed E-state index contributed by atoms with van der Waals surface area (Å²) in [6, 6.07) is 5.51. The number of nitrogens with one attached hydrogen (secondary N) is 1. The molecule has 2 aromatic rings. The summed E-state index contributed by atoms with van der Waals surface area (Å²) >= 11 is 13.3. The SMILES string of the molecule is O=S(=O)(NCCSCc1ccsc1)c1c(Br)cc(Br)cc1Br. The molecule has 22 heavy (non-hydrogen) atoms. The van der Waals surface area contributed by atoms with Gasteiger partial charge in [0.1, 0.15) is 4.90 Å². The molecule has 9 heteroatoms. The Morgan fingerprint density at radius 3 is 2.45 bits per heavy atom. The van der Waals surface area contributed by atoms with E-state index in [2.05, 4.69) is 64.0 Å². The maximum absolute atomic E-state index is 12.4. The summed E-state index contributed by atoms with van der Waals surface area (Å²) in [5.41, 5.74) is 1.27. The van der Waals surface area contributed by atoms with Crippen LogP contribution in [-0.2, 0) is 15.8 Å². The summed E-state index contributed by atoms with van der Waals surface area (Å²) in [4.78, 5) is 0.221. The predicted octanol–water partition coefficient (Wildman–Crippen LogP) is 5.25. The van der Waals surface area contributed by atoms with Gasteiger partial charge in [-0.05, 0) is 66.4 Å². The van der Waals surface area contributed by atoms with E-state index in [4.69, 9.17) is 0 Å². The molecule has 0 aliphatic carbocycles. The Hall–Kier alpha value is 0.620. The summed E-state index contributed by atoms with van der Waals surface area (Å²) in [5, 5.41) is 4.15. The zero-order valence-electron chi connectivity index (χ0n) is 11.2. The van der Waals surface area contributed by atoms with Crippen LogP contribution in [0.25, 0.3) is 0 Å². The minimum Gasteiger partial charge on any atom is -0.210 e. The normalized spacial score (nSPS) is 11.8. The van der Waals surface area contributed by atoms with Crippen molar-refractivity contribution in [2.45, 2.75) is 10.6 Å². The molecule has 0 saturated heterocycles. The van der Waals surface area contributed by atoms with Gasteiger partial charge < -0.3 is 0 Å². The molecule has 0 amide bonds. The summed E-state index contributed by atoms with van der Waals surface area (Å²) in [5.74, 6) is 1.62. The van der Waals surface area contributed by atoms with Crippen molar-refractivity contribution >= 4 is 80.9 Å². The third-order valence-electron chi connectivity index (χ3n) is 2.62. The number of hydrogen-bond donors (Lipinski definition) is 1. The van der Waals surface area contributed by atoms with Gasteiger partial charge >= 0.3 is 0 Å². The Balaban J connectivity index is 1.91. The van der Waals surface area contributed by atoms with Gasteiger partial charge in [0.2, 0.25) is 10.0 Å². The summed E-state index contributed by atoms with van der Waals surface area (Å²) in [6.07, 6.45) is 0. The molecule has 0 aliphatic heterocycles. The Labute approximate surface area is 163 Å². The Kier molecular flexibility index (Phi) is 7.44. The molecule has 0 bridgehead atoms. The van der Waals surface area contributed by atoms with Crippen LogP contribution in [0.15, 0.2) is 47.3 Å². The zero-order valence-corrected chi connectivity index (χ0v) is 18.4. The predicted molar refractivity (Wildman–Crippen MR) is 105 cm³/mol. The fourth-order valence-electron chi connectivity index (χ4n) is 1.67. The van der Waals surface area contributed by atoms with E-state index in [9.17, 15) is 8.42 Å². The molecule has 0 fully saturated rings. The van der Waals surface area contributed by atoms with E-state index < -0.39 is 10.0 Å². The number of rotatable bonds is 7. The molecule has 2 rings (SSSR count). The minimum atomic E-state index is -3.55. The van der Waals surface area contributed by atoms with E-state index in [-0.39, 0.29) is 4.90 Å². The van der Waals surface area contributed by atoms with E-state index >= 15 is 0 Å². The molecule has 0 atom stereocenters. The lowest BCUT2D eigenvalue weighted by Crippen LogP contribution is -2.26. The van der Waals surface area contributed by atoms with Gasteiger partial charge in [-0.3, -0.25) is 0 Å². The number of halogens is 3. The molecule has 0 unspecified atom stereocenters. The first-order chi connectivity index (χ1) is 10.4. The van der Waals surface area contributed by atoms with Crippen molar-refractivity contribution in [3.63, 3.8) is 0 Å². The van der Waals surface area contributed by atoms with Crippen LogP contribution in [0.3, 0.4) is 0 Å². The second-order valence-electron chi connectivity index (χ2n) is 4.28. The third kappa shape index (κ3) is 5.32. The van der Waals surface area contributed by atoms with E-state index in [1.807, 2.05) is 5.38 Å². The van der Waals surface area contributed by atoms with Crippen LogP contribution in [0.4, 0.5) is 0 Å². The van der Waals surface area contributed by atoms with E-state index in [1.165, 1.54) is 5.56 Å². The summed E-state index contributed by atoms with van der Waals surface area (Å²) in [6.45, 7) is 0.395. The molecule has 120 valence electrons. The quantitative estimate of drug-likeness (QED) is 0.480. The Morgan fingerprint density at radius 2 is 1.86 bits per heavy atom. The molecule has 1 aromatic carbocycles. The molecule has 0 aliphatic rings. The average Bonchev–Trinajstić information content (AvgIpc) is 2.89. The highest BCUT2D eigenvalue weighted by Gasteiger charge is 2.21. The van der Waals surface area contributed by atoms with Crippen molar-refractivity contribution < 1.29 is 8.42 Å². The summed E-state index contributed by atoms with van der Waals surface area (Å²) < 4.78 is 29.2. The Bertz CT molecular complexity index is 710. The van der Waals surface area contributed by atoms with E-state index in [0.717, 1.165) is 16.0 Å². The number of sulfonamides is 1. The smallest absolute Gasteiger partial charge is 0.210 e. The van der Waals surface area contributed by atoms with Crippen molar-refractivity contribution in [1.82, 2.24) is 4.72 Å². The summed E-state index contributed by atoms with van der Waals surface area (Å²) in [7, 11) is -3.55. The van der Waals surface area contributed by atoms with E-state index in [1.54, 1.807) is 35.2 Å². The second-order valence-corrected chi connectivity index (χ2v) is 10.5. The topological polar surface area (TPSA) is 46.2 Å². The van der Waals surface area contributed by atoms with Crippen LogP contribution in [0, 0.1) is 0 Å². The van der Waals surface area contributed by atoms with Gasteiger partial charge in [-0.1, -0.05) is 15.9 Å². The van der Waals surface area contributed by atoms with Crippen molar-refractivity contribution in [3.05, 3.63) is 47.9 Å². The number of benzene rings is 1. The van der Waals surface area contributed by atoms with Gasteiger partial charge in [0.15, 0.2) is 0 Å². The van der Waals surface area contributed by atoms with Gasteiger partial charge in [-0.25, -0.2) is 13.1 Å². The molecule has 0 spiro atoms.